The van der Waals surface area contributed by atoms with E-state index in [1.807, 2.05) is 11.0 Å². The van der Waals surface area contributed by atoms with Crippen molar-refractivity contribution in [3.05, 3.63) is 34.6 Å². The summed E-state index contributed by atoms with van der Waals surface area (Å²) in [7, 11) is 3.35. The van der Waals surface area contributed by atoms with Crippen LogP contribution in [0, 0.1) is 0 Å². The fraction of sp³-hybridized carbons (Fsp3) is 0.471. The number of H-pyrrole nitrogens is 1. The molecule has 0 bridgehead atoms. The van der Waals surface area contributed by atoms with Gasteiger partial charge in [-0.15, -0.1) is 0 Å². The van der Waals surface area contributed by atoms with Crippen LogP contribution >= 0.6 is 0 Å². The molecule has 7 nitrogen and oxygen atoms in total. The second-order valence-electron chi connectivity index (χ2n) is 6.62. The predicted molar refractivity (Wildman–Crippen MR) is 92.1 cm³/mol. The number of para-hydroxylation sites is 1. The summed E-state index contributed by atoms with van der Waals surface area (Å²) in [6, 6.07) is 7.15. The lowest BCUT2D eigenvalue weighted by Gasteiger charge is -2.39. The zero-order valence-electron chi connectivity index (χ0n) is 14.0. The quantitative estimate of drug-likeness (QED) is 0.866. The van der Waals surface area contributed by atoms with Gasteiger partial charge in [-0.3, -0.25) is 14.6 Å². The Hall–Kier alpha value is -2.41. The first-order valence-corrected chi connectivity index (χ1v) is 8.04. The minimum absolute atomic E-state index is 0.0638. The molecule has 0 spiro atoms. The fourth-order valence-corrected chi connectivity index (χ4v) is 3.10. The molecule has 1 unspecified atom stereocenters. The molecule has 1 fully saturated rings. The smallest absolute Gasteiger partial charge is 0.260 e. The molecule has 2 N–H and O–H groups in total. The lowest BCUT2D eigenvalue weighted by atomic mass is 9.89. The van der Waals surface area contributed by atoms with Crippen molar-refractivity contribution >= 4 is 22.8 Å². The van der Waals surface area contributed by atoms with Gasteiger partial charge in [0, 0.05) is 20.6 Å². The highest BCUT2D eigenvalue weighted by molar-refractivity contribution is 5.78. The monoisotopic (exact) mass is 330 g/mol. The summed E-state index contributed by atoms with van der Waals surface area (Å²) in [5.41, 5.74) is -0.687. The van der Waals surface area contributed by atoms with Gasteiger partial charge in [-0.25, -0.2) is 4.98 Å². The third-order valence-corrected chi connectivity index (χ3v) is 4.43. The second kappa shape index (κ2) is 6.24. The van der Waals surface area contributed by atoms with Crippen molar-refractivity contribution in [2.75, 3.05) is 32.1 Å². The van der Waals surface area contributed by atoms with Crippen molar-refractivity contribution < 1.29 is 9.90 Å². The van der Waals surface area contributed by atoms with E-state index in [4.69, 9.17) is 0 Å². The van der Waals surface area contributed by atoms with Gasteiger partial charge in [0.25, 0.3) is 5.56 Å². The molecule has 1 saturated heterocycles. The number of carbonyl (C=O) groups excluding carboxylic acids is 1. The fourth-order valence-electron chi connectivity index (χ4n) is 3.10. The summed E-state index contributed by atoms with van der Waals surface area (Å²) >= 11 is 0. The van der Waals surface area contributed by atoms with Gasteiger partial charge in [0.2, 0.25) is 11.9 Å². The number of aromatic nitrogens is 2. The second-order valence-corrected chi connectivity index (χ2v) is 6.62. The number of β-amino-alcohol motifs (C(OH)–C–C–N with tert-alkyl or cyclic N) is 1. The van der Waals surface area contributed by atoms with E-state index < -0.39 is 5.60 Å². The highest BCUT2D eigenvalue weighted by atomic mass is 16.3. The SMILES string of the molecule is CN(C)C(=O)CC1(O)CCCN(c2nc3ccccc3c(=O)[nH]2)C1. The van der Waals surface area contributed by atoms with E-state index in [1.165, 1.54) is 4.90 Å². The number of benzene rings is 1. The molecule has 0 aliphatic carbocycles. The normalized spacial score (nSPS) is 21.0. The lowest BCUT2D eigenvalue weighted by molar-refractivity contribution is -0.134. The highest BCUT2D eigenvalue weighted by Gasteiger charge is 2.36. The molecule has 0 radical (unpaired) electrons. The number of fused-ring (bicyclic) bond motifs is 1. The number of hydrogen-bond acceptors (Lipinski definition) is 5. The van der Waals surface area contributed by atoms with Gasteiger partial charge in [0.1, 0.15) is 0 Å². The third-order valence-electron chi connectivity index (χ3n) is 4.43. The molecule has 128 valence electrons. The van der Waals surface area contributed by atoms with Gasteiger partial charge in [-0.1, -0.05) is 12.1 Å². The number of piperidine rings is 1. The van der Waals surface area contributed by atoms with Crippen LogP contribution in [0.1, 0.15) is 19.3 Å². The van der Waals surface area contributed by atoms with Crippen LogP contribution in [-0.4, -0.2) is 58.7 Å². The van der Waals surface area contributed by atoms with Gasteiger partial charge in [-0.05, 0) is 25.0 Å². The van der Waals surface area contributed by atoms with E-state index >= 15 is 0 Å². The number of amides is 1. The summed E-state index contributed by atoms with van der Waals surface area (Å²) in [4.78, 5) is 34.8. The number of rotatable bonds is 3. The van der Waals surface area contributed by atoms with Gasteiger partial charge in [-0.2, -0.15) is 0 Å². The Morgan fingerprint density at radius 1 is 1.42 bits per heavy atom. The molecule has 7 heteroatoms. The molecular weight excluding hydrogens is 308 g/mol. The van der Waals surface area contributed by atoms with Crippen LogP contribution in [-0.2, 0) is 4.79 Å². The van der Waals surface area contributed by atoms with Crippen molar-refractivity contribution in [3.63, 3.8) is 0 Å². The minimum atomic E-state index is -1.11. The molecule has 0 saturated carbocycles. The van der Waals surface area contributed by atoms with E-state index in [0.29, 0.717) is 29.8 Å². The molecule has 1 aliphatic heterocycles. The van der Waals surface area contributed by atoms with Gasteiger partial charge in [0.05, 0.1) is 29.5 Å². The van der Waals surface area contributed by atoms with E-state index in [1.54, 1.807) is 32.3 Å². The first-order valence-electron chi connectivity index (χ1n) is 8.04. The average Bonchev–Trinajstić information content (AvgIpc) is 2.54. The number of nitrogens with zero attached hydrogens (tertiary/aromatic N) is 3. The van der Waals surface area contributed by atoms with Crippen molar-refractivity contribution in [3.8, 4) is 0 Å². The number of anilines is 1. The third kappa shape index (κ3) is 3.26. The van der Waals surface area contributed by atoms with Crippen molar-refractivity contribution in [1.29, 1.82) is 0 Å². The standard InChI is InChI=1S/C17H22N4O3/c1-20(2)14(22)10-17(24)8-5-9-21(11-17)16-18-13-7-4-3-6-12(13)15(23)19-16/h3-4,6-7,24H,5,8-11H2,1-2H3,(H,18,19,23). The van der Waals surface area contributed by atoms with Crippen LogP contribution in [0.4, 0.5) is 5.95 Å². The Bertz CT molecular complexity index is 817. The summed E-state index contributed by atoms with van der Waals surface area (Å²) in [6.07, 6.45) is 1.35. The number of carbonyl (C=O) groups is 1. The maximum absolute atomic E-state index is 12.2. The molecular formula is C17H22N4O3. The van der Waals surface area contributed by atoms with Crippen LogP contribution in [0.15, 0.2) is 29.1 Å². The Labute approximate surface area is 139 Å². The molecule has 1 aliphatic rings. The maximum atomic E-state index is 12.2. The summed E-state index contributed by atoms with van der Waals surface area (Å²) in [6.45, 7) is 0.952. The molecule has 3 rings (SSSR count). The van der Waals surface area contributed by atoms with Crippen LogP contribution < -0.4 is 10.5 Å². The summed E-state index contributed by atoms with van der Waals surface area (Å²) in [5.74, 6) is 0.327. The molecule has 1 aromatic heterocycles. The van der Waals surface area contributed by atoms with Gasteiger partial charge in [0.15, 0.2) is 0 Å². The van der Waals surface area contributed by atoms with Crippen LogP contribution in [0.5, 0.6) is 0 Å². The summed E-state index contributed by atoms with van der Waals surface area (Å²) in [5, 5.41) is 11.3. The van der Waals surface area contributed by atoms with Crippen LogP contribution in [0.2, 0.25) is 0 Å². The Morgan fingerprint density at radius 3 is 2.92 bits per heavy atom. The molecule has 2 aromatic rings. The maximum Gasteiger partial charge on any atom is 0.260 e. The molecule has 1 amide bonds. The summed E-state index contributed by atoms with van der Waals surface area (Å²) < 4.78 is 0. The minimum Gasteiger partial charge on any atom is -0.388 e. The van der Waals surface area contributed by atoms with Crippen molar-refractivity contribution in [1.82, 2.24) is 14.9 Å². The first kappa shape index (κ1) is 16.4. The average molecular weight is 330 g/mol. The molecule has 1 aromatic carbocycles. The van der Waals surface area contributed by atoms with Crippen molar-refractivity contribution in [2.45, 2.75) is 24.9 Å². The van der Waals surface area contributed by atoms with E-state index in [0.717, 1.165) is 6.42 Å². The van der Waals surface area contributed by atoms with Crippen LogP contribution in [0.25, 0.3) is 10.9 Å². The van der Waals surface area contributed by atoms with E-state index in [2.05, 4.69) is 9.97 Å². The molecule has 1 atom stereocenters. The topological polar surface area (TPSA) is 89.5 Å². The largest absolute Gasteiger partial charge is 0.388 e. The number of hydrogen-bond donors (Lipinski definition) is 2. The van der Waals surface area contributed by atoms with Crippen LogP contribution in [0.3, 0.4) is 0 Å². The number of aliphatic hydroxyl groups is 1. The number of nitrogens with one attached hydrogen (secondary N) is 1. The Kier molecular flexibility index (Phi) is 4.28. The molecule has 24 heavy (non-hydrogen) atoms. The van der Waals surface area contributed by atoms with Crippen molar-refractivity contribution in [2.24, 2.45) is 0 Å². The Morgan fingerprint density at radius 2 is 2.17 bits per heavy atom. The Balaban J connectivity index is 1.87. The van der Waals surface area contributed by atoms with E-state index in [9.17, 15) is 14.7 Å². The molecule has 2 heterocycles. The predicted octanol–water partition coefficient (Wildman–Crippen LogP) is 0.733. The van der Waals surface area contributed by atoms with Gasteiger partial charge >= 0.3 is 0 Å². The zero-order valence-corrected chi connectivity index (χ0v) is 14.0. The number of aromatic amines is 1. The van der Waals surface area contributed by atoms with Gasteiger partial charge < -0.3 is 14.9 Å². The zero-order chi connectivity index (χ0) is 17.3. The lowest BCUT2D eigenvalue weighted by Crippen LogP contribution is -2.51. The van der Waals surface area contributed by atoms with E-state index in [-0.39, 0.29) is 24.4 Å². The first-order chi connectivity index (χ1) is 11.4. The highest BCUT2D eigenvalue weighted by Crippen LogP contribution is 2.27.